The van der Waals surface area contributed by atoms with Crippen molar-refractivity contribution in [2.24, 2.45) is 5.92 Å². The van der Waals surface area contributed by atoms with Crippen LogP contribution in [0.1, 0.15) is 20.3 Å². The minimum absolute atomic E-state index is 0.0384. The van der Waals surface area contributed by atoms with Gasteiger partial charge in [0, 0.05) is 12.6 Å². The van der Waals surface area contributed by atoms with Crippen molar-refractivity contribution in [2.45, 2.75) is 26.3 Å². The lowest BCUT2D eigenvalue weighted by molar-refractivity contribution is -0.121. The largest absolute Gasteiger partial charge is 0.353 e. The van der Waals surface area contributed by atoms with Crippen molar-refractivity contribution in [3.8, 4) is 0 Å². The molecule has 0 rings (SSSR count). The fourth-order valence-electron chi connectivity index (χ4n) is 1.33. The topological polar surface area (TPSA) is 58.2 Å². The zero-order chi connectivity index (χ0) is 12.6. The van der Waals surface area contributed by atoms with Crippen LogP contribution < -0.4 is 10.6 Å². The van der Waals surface area contributed by atoms with Crippen molar-refractivity contribution in [3.63, 3.8) is 0 Å². The summed E-state index contributed by atoms with van der Waals surface area (Å²) in [6, 6.07) is -0.0384. The number of amides is 2. The molecule has 1 unspecified atom stereocenters. The van der Waals surface area contributed by atoms with E-state index in [9.17, 15) is 9.59 Å². The van der Waals surface area contributed by atoms with Crippen LogP contribution in [0.2, 0.25) is 0 Å². The molecule has 0 aromatic rings. The van der Waals surface area contributed by atoms with E-state index < -0.39 is 0 Å². The summed E-state index contributed by atoms with van der Waals surface area (Å²) in [6.45, 7) is 4.58. The number of carbonyl (C=O) groups excluding carboxylic acids is 2. The average molecular weight is 264 g/mol. The van der Waals surface area contributed by atoms with Gasteiger partial charge < -0.3 is 10.6 Å². The number of rotatable bonds is 7. The summed E-state index contributed by atoms with van der Waals surface area (Å²) in [7, 11) is 0. The SMILES string of the molecule is CC(C)CC(CNC(=O)CS)NC(=O)CS. The van der Waals surface area contributed by atoms with Gasteiger partial charge in [-0.1, -0.05) is 13.8 Å². The van der Waals surface area contributed by atoms with Gasteiger partial charge in [-0.3, -0.25) is 9.59 Å². The molecule has 0 aliphatic heterocycles. The molecule has 0 heterocycles. The van der Waals surface area contributed by atoms with Gasteiger partial charge in [0.05, 0.1) is 11.5 Å². The summed E-state index contributed by atoms with van der Waals surface area (Å²) in [4.78, 5) is 22.2. The normalized spacial score (nSPS) is 12.3. The second kappa shape index (κ2) is 8.75. The molecule has 0 saturated carbocycles. The van der Waals surface area contributed by atoms with Crippen LogP contribution in [0, 0.1) is 5.92 Å². The molecule has 1 atom stereocenters. The summed E-state index contributed by atoms with van der Waals surface area (Å²) in [5.41, 5.74) is 0. The van der Waals surface area contributed by atoms with Gasteiger partial charge in [0.15, 0.2) is 0 Å². The second-order valence-corrected chi connectivity index (χ2v) is 4.65. The van der Waals surface area contributed by atoms with Crippen molar-refractivity contribution in [1.82, 2.24) is 10.6 Å². The van der Waals surface area contributed by atoms with E-state index in [0.717, 1.165) is 6.42 Å². The number of carbonyl (C=O) groups is 2. The van der Waals surface area contributed by atoms with E-state index in [2.05, 4.69) is 49.7 Å². The monoisotopic (exact) mass is 264 g/mol. The van der Waals surface area contributed by atoms with E-state index in [0.29, 0.717) is 12.5 Å². The molecule has 0 aromatic heterocycles. The van der Waals surface area contributed by atoms with E-state index in [1.54, 1.807) is 0 Å². The third kappa shape index (κ3) is 7.87. The first-order chi connectivity index (χ1) is 7.49. The van der Waals surface area contributed by atoms with Crippen LogP contribution >= 0.6 is 25.3 Å². The lowest BCUT2D eigenvalue weighted by atomic mass is 10.0. The molecular weight excluding hydrogens is 244 g/mol. The van der Waals surface area contributed by atoms with E-state index in [1.807, 2.05) is 0 Å². The number of hydrogen-bond donors (Lipinski definition) is 4. The van der Waals surface area contributed by atoms with E-state index in [1.165, 1.54) is 0 Å². The molecule has 0 saturated heterocycles. The number of thiol groups is 2. The molecule has 16 heavy (non-hydrogen) atoms. The second-order valence-electron chi connectivity index (χ2n) is 4.01. The van der Waals surface area contributed by atoms with Crippen LogP contribution in [0.5, 0.6) is 0 Å². The maximum atomic E-state index is 11.2. The summed E-state index contributed by atoms with van der Waals surface area (Å²) in [5.74, 6) is 0.536. The Hall–Kier alpha value is -0.360. The first-order valence-electron chi connectivity index (χ1n) is 5.27. The molecule has 0 bridgehead atoms. The summed E-state index contributed by atoms with van der Waals surface area (Å²) >= 11 is 7.76. The Balaban J connectivity index is 4.09. The highest BCUT2D eigenvalue weighted by Crippen LogP contribution is 2.04. The molecule has 0 aliphatic rings. The number of hydrogen-bond acceptors (Lipinski definition) is 4. The zero-order valence-corrected chi connectivity index (χ0v) is 11.5. The van der Waals surface area contributed by atoms with Gasteiger partial charge in [-0.25, -0.2) is 0 Å². The molecule has 2 amide bonds. The first-order valence-corrected chi connectivity index (χ1v) is 6.53. The quantitative estimate of drug-likeness (QED) is 0.506. The molecule has 0 aromatic carbocycles. The summed E-state index contributed by atoms with van der Waals surface area (Å²) in [6.07, 6.45) is 0.826. The highest BCUT2D eigenvalue weighted by atomic mass is 32.1. The predicted octanol–water partition coefficient (Wildman–Crippen LogP) is 0.493. The molecule has 94 valence electrons. The molecule has 6 heteroatoms. The van der Waals surface area contributed by atoms with Gasteiger partial charge in [-0.2, -0.15) is 25.3 Å². The smallest absolute Gasteiger partial charge is 0.230 e. The highest BCUT2D eigenvalue weighted by Gasteiger charge is 2.13. The highest BCUT2D eigenvalue weighted by molar-refractivity contribution is 7.81. The Labute approximate surface area is 108 Å². The molecule has 0 spiro atoms. The van der Waals surface area contributed by atoms with Crippen LogP contribution in [-0.4, -0.2) is 35.9 Å². The van der Waals surface area contributed by atoms with E-state index in [4.69, 9.17) is 0 Å². The Morgan fingerprint density at radius 3 is 2.12 bits per heavy atom. The van der Waals surface area contributed by atoms with Gasteiger partial charge in [-0.15, -0.1) is 0 Å². The number of nitrogens with one attached hydrogen (secondary N) is 2. The molecule has 0 radical (unpaired) electrons. The van der Waals surface area contributed by atoms with Crippen LogP contribution in [-0.2, 0) is 9.59 Å². The first kappa shape index (κ1) is 15.6. The minimum Gasteiger partial charge on any atom is -0.353 e. The van der Waals surface area contributed by atoms with Crippen LogP contribution in [0.3, 0.4) is 0 Å². The Kier molecular flexibility index (Phi) is 8.56. The molecular formula is C10H20N2O2S2. The standard InChI is InChI=1S/C10H20N2O2S2/c1-7(2)3-8(12-10(14)6-16)4-11-9(13)5-15/h7-8,15-16H,3-6H2,1-2H3,(H,11,13)(H,12,14). The van der Waals surface area contributed by atoms with Gasteiger partial charge in [0.2, 0.25) is 11.8 Å². The predicted molar refractivity (Wildman–Crippen MR) is 72.1 cm³/mol. The van der Waals surface area contributed by atoms with Gasteiger partial charge in [0.25, 0.3) is 0 Å². The third-order valence-corrected chi connectivity index (χ3v) is 2.53. The van der Waals surface area contributed by atoms with Crippen molar-refractivity contribution < 1.29 is 9.59 Å². The Bertz CT molecular complexity index is 235. The van der Waals surface area contributed by atoms with Crippen molar-refractivity contribution in [1.29, 1.82) is 0 Å². The molecule has 4 nitrogen and oxygen atoms in total. The summed E-state index contributed by atoms with van der Waals surface area (Å²) in [5, 5.41) is 5.53. The lowest BCUT2D eigenvalue weighted by Gasteiger charge is -2.20. The minimum atomic E-state index is -0.128. The van der Waals surface area contributed by atoms with Crippen molar-refractivity contribution in [3.05, 3.63) is 0 Å². The van der Waals surface area contributed by atoms with Gasteiger partial charge in [-0.05, 0) is 12.3 Å². The maximum absolute atomic E-state index is 11.2. The fourth-order valence-corrected chi connectivity index (χ4v) is 1.53. The van der Waals surface area contributed by atoms with E-state index in [-0.39, 0.29) is 29.4 Å². The van der Waals surface area contributed by atoms with Crippen LogP contribution in [0.25, 0.3) is 0 Å². The van der Waals surface area contributed by atoms with Crippen LogP contribution in [0.15, 0.2) is 0 Å². The lowest BCUT2D eigenvalue weighted by Crippen LogP contribution is -2.45. The molecule has 0 fully saturated rings. The molecule has 2 N–H and O–H groups in total. The van der Waals surface area contributed by atoms with Gasteiger partial charge in [0.1, 0.15) is 0 Å². The van der Waals surface area contributed by atoms with Crippen LogP contribution in [0.4, 0.5) is 0 Å². The van der Waals surface area contributed by atoms with Crippen molar-refractivity contribution >= 4 is 37.1 Å². The maximum Gasteiger partial charge on any atom is 0.230 e. The summed E-state index contributed by atoms with van der Waals surface area (Å²) < 4.78 is 0. The van der Waals surface area contributed by atoms with Crippen molar-refractivity contribution in [2.75, 3.05) is 18.1 Å². The Morgan fingerprint density at radius 1 is 1.12 bits per heavy atom. The fraction of sp³-hybridized carbons (Fsp3) is 0.800. The zero-order valence-electron chi connectivity index (χ0n) is 9.69. The molecule has 0 aliphatic carbocycles. The van der Waals surface area contributed by atoms with Gasteiger partial charge >= 0.3 is 0 Å². The van der Waals surface area contributed by atoms with E-state index >= 15 is 0 Å². The Morgan fingerprint density at radius 2 is 1.69 bits per heavy atom. The third-order valence-electron chi connectivity index (χ3n) is 1.95. The average Bonchev–Trinajstić information content (AvgIpc) is 2.24.